The molecule has 2 aliphatic heterocycles. The molecule has 9 heteroatoms. The maximum Gasteiger partial charge on any atom is 0.293 e. The molecule has 0 bridgehead atoms. The molecule has 0 unspecified atom stereocenters. The van der Waals surface area contributed by atoms with Crippen molar-refractivity contribution in [2.24, 2.45) is 5.92 Å². The molecule has 2 saturated heterocycles. The third kappa shape index (κ3) is 5.63. The van der Waals surface area contributed by atoms with Crippen LogP contribution in [0.3, 0.4) is 0 Å². The van der Waals surface area contributed by atoms with Crippen LogP contribution in [0.1, 0.15) is 55.3 Å². The highest BCUT2D eigenvalue weighted by Crippen LogP contribution is 2.31. The molecule has 1 aromatic carbocycles. The Kier molecular flexibility index (Phi) is 7.80. The number of benzene rings is 1. The van der Waals surface area contributed by atoms with Crippen LogP contribution in [0.15, 0.2) is 18.2 Å². The molecule has 3 fully saturated rings. The Labute approximate surface area is 195 Å². The third-order valence-electron chi connectivity index (χ3n) is 7.15. The standard InChI is InChI=1S/C24H35N5O4/c30-23(19-6-2-1-3-7-19)28-14-5-13-26(16-17-28)21-9-8-20(18-22(21)29(32)33)24(31)27-12-4-10-25-11-15-27/h8-9,18-19,25H,1-7,10-17H2. The fourth-order valence-corrected chi connectivity index (χ4v) is 5.29. The monoisotopic (exact) mass is 457 g/mol. The first-order valence-electron chi connectivity index (χ1n) is 12.4. The summed E-state index contributed by atoms with van der Waals surface area (Å²) < 4.78 is 0. The molecule has 4 rings (SSSR count). The van der Waals surface area contributed by atoms with Gasteiger partial charge < -0.3 is 20.0 Å². The zero-order valence-corrected chi connectivity index (χ0v) is 19.3. The molecule has 2 heterocycles. The molecule has 0 atom stereocenters. The Balaban J connectivity index is 1.47. The van der Waals surface area contributed by atoms with E-state index in [1.807, 2.05) is 9.80 Å². The number of carbonyl (C=O) groups is 2. The van der Waals surface area contributed by atoms with Crippen molar-refractivity contribution in [2.75, 3.05) is 57.3 Å². The number of nitrogens with one attached hydrogen (secondary N) is 1. The SMILES string of the molecule is O=C(c1ccc(N2CCCN(C(=O)C3CCCCC3)CC2)c([N+](=O)[O-])c1)N1CCCNCC1. The normalized spacial score (nSPS) is 20.8. The third-order valence-corrected chi connectivity index (χ3v) is 7.15. The van der Waals surface area contributed by atoms with E-state index in [1.54, 1.807) is 17.0 Å². The van der Waals surface area contributed by atoms with E-state index >= 15 is 0 Å². The van der Waals surface area contributed by atoms with E-state index < -0.39 is 4.92 Å². The molecule has 1 saturated carbocycles. The van der Waals surface area contributed by atoms with Crippen LogP contribution in [0.5, 0.6) is 0 Å². The molecule has 0 radical (unpaired) electrons. The van der Waals surface area contributed by atoms with Gasteiger partial charge >= 0.3 is 0 Å². The Morgan fingerprint density at radius 3 is 2.45 bits per heavy atom. The molecular weight excluding hydrogens is 422 g/mol. The van der Waals surface area contributed by atoms with Crippen molar-refractivity contribution in [2.45, 2.75) is 44.9 Å². The molecule has 33 heavy (non-hydrogen) atoms. The summed E-state index contributed by atoms with van der Waals surface area (Å²) in [6.07, 6.45) is 7.07. The van der Waals surface area contributed by atoms with Gasteiger partial charge in [0.15, 0.2) is 0 Å². The Bertz CT molecular complexity index is 862. The molecule has 2 amide bonds. The van der Waals surface area contributed by atoms with Crippen molar-refractivity contribution in [3.8, 4) is 0 Å². The zero-order valence-electron chi connectivity index (χ0n) is 19.3. The number of hydrogen-bond donors (Lipinski definition) is 1. The van der Waals surface area contributed by atoms with Crippen molar-refractivity contribution in [1.82, 2.24) is 15.1 Å². The van der Waals surface area contributed by atoms with Crippen molar-refractivity contribution in [3.63, 3.8) is 0 Å². The smallest absolute Gasteiger partial charge is 0.293 e. The predicted octanol–water partition coefficient (Wildman–Crippen LogP) is 2.65. The summed E-state index contributed by atoms with van der Waals surface area (Å²) in [5.74, 6) is 0.228. The van der Waals surface area contributed by atoms with Crippen molar-refractivity contribution in [3.05, 3.63) is 33.9 Å². The van der Waals surface area contributed by atoms with Gasteiger partial charge in [-0.2, -0.15) is 0 Å². The van der Waals surface area contributed by atoms with Gasteiger partial charge in [0.2, 0.25) is 5.91 Å². The fraction of sp³-hybridized carbons (Fsp3) is 0.667. The first-order valence-corrected chi connectivity index (χ1v) is 12.4. The lowest BCUT2D eigenvalue weighted by molar-refractivity contribution is -0.384. The summed E-state index contributed by atoms with van der Waals surface area (Å²) in [6.45, 7) is 5.34. The zero-order chi connectivity index (χ0) is 23.2. The Hall–Kier alpha value is -2.68. The van der Waals surface area contributed by atoms with Gasteiger partial charge in [-0.15, -0.1) is 0 Å². The molecular formula is C24H35N5O4. The summed E-state index contributed by atoms with van der Waals surface area (Å²) >= 11 is 0. The van der Waals surface area contributed by atoms with Crippen molar-refractivity contribution >= 4 is 23.2 Å². The molecule has 1 aromatic rings. The van der Waals surface area contributed by atoms with E-state index in [0.717, 1.165) is 51.6 Å². The van der Waals surface area contributed by atoms with Gasteiger partial charge in [0.1, 0.15) is 5.69 Å². The number of carbonyl (C=O) groups excluding carboxylic acids is 2. The average molecular weight is 458 g/mol. The topological polar surface area (TPSA) is 99.0 Å². The quantitative estimate of drug-likeness (QED) is 0.551. The lowest BCUT2D eigenvalue weighted by atomic mass is 9.88. The minimum Gasteiger partial charge on any atom is -0.364 e. The maximum absolute atomic E-state index is 13.0. The van der Waals surface area contributed by atoms with Gasteiger partial charge in [0.05, 0.1) is 4.92 Å². The number of rotatable bonds is 4. The molecule has 9 nitrogen and oxygen atoms in total. The van der Waals surface area contributed by atoms with Crippen molar-refractivity contribution < 1.29 is 14.5 Å². The first kappa shape index (κ1) is 23.5. The second-order valence-corrected chi connectivity index (χ2v) is 9.36. The minimum atomic E-state index is -0.397. The van der Waals surface area contributed by atoms with Crippen LogP contribution in [0.2, 0.25) is 0 Å². The molecule has 1 N–H and O–H groups in total. The fourth-order valence-electron chi connectivity index (χ4n) is 5.29. The van der Waals surface area contributed by atoms with E-state index in [-0.39, 0.29) is 23.4 Å². The highest BCUT2D eigenvalue weighted by molar-refractivity contribution is 5.96. The summed E-state index contributed by atoms with van der Waals surface area (Å²) in [6, 6.07) is 4.84. The van der Waals surface area contributed by atoms with Crippen LogP contribution in [-0.2, 0) is 4.79 Å². The minimum absolute atomic E-state index is 0.0409. The lowest BCUT2D eigenvalue weighted by Crippen LogP contribution is -2.39. The molecule has 1 aliphatic carbocycles. The van der Waals surface area contributed by atoms with Gasteiger partial charge in [-0.3, -0.25) is 19.7 Å². The first-order chi connectivity index (χ1) is 16.0. The summed E-state index contributed by atoms with van der Waals surface area (Å²) in [5, 5.41) is 15.2. The van der Waals surface area contributed by atoms with Crippen LogP contribution >= 0.6 is 0 Å². The summed E-state index contributed by atoms with van der Waals surface area (Å²) in [4.78, 5) is 43.2. The molecule has 0 spiro atoms. The number of hydrogen-bond acceptors (Lipinski definition) is 6. The van der Waals surface area contributed by atoms with Crippen LogP contribution < -0.4 is 10.2 Å². The lowest BCUT2D eigenvalue weighted by Gasteiger charge is -2.28. The number of nitrogens with zero attached hydrogens (tertiary/aromatic N) is 4. The van der Waals surface area contributed by atoms with Crippen molar-refractivity contribution in [1.29, 1.82) is 0 Å². The Morgan fingerprint density at radius 2 is 1.67 bits per heavy atom. The van der Waals surface area contributed by atoms with E-state index in [2.05, 4.69) is 5.32 Å². The van der Waals surface area contributed by atoms with Crippen LogP contribution in [0.25, 0.3) is 0 Å². The van der Waals surface area contributed by atoms with Crippen LogP contribution in [0.4, 0.5) is 11.4 Å². The number of nitro groups is 1. The van der Waals surface area contributed by atoms with E-state index in [9.17, 15) is 19.7 Å². The summed E-state index contributed by atoms with van der Waals surface area (Å²) in [7, 11) is 0. The summed E-state index contributed by atoms with van der Waals surface area (Å²) in [5.41, 5.74) is 0.846. The largest absolute Gasteiger partial charge is 0.364 e. The van der Waals surface area contributed by atoms with E-state index in [1.165, 1.54) is 12.5 Å². The van der Waals surface area contributed by atoms with Crippen LogP contribution in [0, 0.1) is 16.0 Å². The molecule has 180 valence electrons. The van der Waals surface area contributed by atoms with Gasteiger partial charge in [-0.25, -0.2) is 0 Å². The van der Waals surface area contributed by atoms with E-state index in [0.29, 0.717) is 50.5 Å². The maximum atomic E-state index is 13.0. The second-order valence-electron chi connectivity index (χ2n) is 9.36. The highest BCUT2D eigenvalue weighted by Gasteiger charge is 2.29. The predicted molar refractivity (Wildman–Crippen MR) is 126 cm³/mol. The van der Waals surface area contributed by atoms with Gasteiger partial charge in [0.25, 0.3) is 11.6 Å². The van der Waals surface area contributed by atoms with E-state index in [4.69, 9.17) is 0 Å². The number of anilines is 1. The second kappa shape index (κ2) is 11.0. The molecule has 3 aliphatic rings. The van der Waals surface area contributed by atoms with Gasteiger partial charge in [0, 0.05) is 63.4 Å². The highest BCUT2D eigenvalue weighted by atomic mass is 16.6. The molecule has 0 aromatic heterocycles. The van der Waals surface area contributed by atoms with Gasteiger partial charge in [-0.1, -0.05) is 19.3 Å². The van der Waals surface area contributed by atoms with Gasteiger partial charge in [-0.05, 0) is 44.4 Å². The Morgan fingerprint density at radius 1 is 0.879 bits per heavy atom. The number of amides is 2. The number of nitro benzene ring substituents is 1. The van der Waals surface area contributed by atoms with Crippen LogP contribution in [-0.4, -0.2) is 78.9 Å². The average Bonchev–Trinajstić information content (AvgIpc) is 3.27.